The van der Waals surface area contributed by atoms with Gasteiger partial charge in [-0.25, -0.2) is 0 Å². The topological polar surface area (TPSA) is 90.7 Å². The van der Waals surface area contributed by atoms with Crippen LogP contribution in [0.5, 0.6) is 0 Å². The molecule has 0 spiro atoms. The maximum atomic E-state index is 12.0. The van der Waals surface area contributed by atoms with E-state index in [1.807, 2.05) is 13.8 Å². The average Bonchev–Trinajstić information content (AvgIpc) is 2.96. The SMILES string of the molecule is CCNC(=NCCCc1nnc2n1CCCCC2)N1CCN(CC(=O)NC(C)C)CC1.I. The molecular formula is C22H41IN8O. The number of carbonyl (C=O) groups excluding carboxylic acids is 1. The molecule has 0 radical (unpaired) electrons. The van der Waals surface area contributed by atoms with Crippen molar-refractivity contribution in [1.82, 2.24) is 35.2 Å². The van der Waals surface area contributed by atoms with E-state index in [0.717, 1.165) is 82.7 Å². The molecule has 182 valence electrons. The Balaban J connectivity index is 0.00000363. The number of nitrogens with zero attached hydrogens (tertiary/aromatic N) is 6. The number of aromatic nitrogens is 3. The fraction of sp³-hybridized carbons (Fsp3) is 0.818. The van der Waals surface area contributed by atoms with Crippen molar-refractivity contribution in [1.29, 1.82) is 0 Å². The Morgan fingerprint density at radius 3 is 2.59 bits per heavy atom. The zero-order valence-electron chi connectivity index (χ0n) is 20.0. The second-order valence-corrected chi connectivity index (χ2v) is 8.82. The molecule has 1 fully saturated rings. The molecule has 1 saturated heterocycles. The molecule has 1 aromatic rings. The highest BCUT2D eigenvalue weighted by Crippen LogP contribution is 2.15. The van der Waals surface area contributed by atoms with Crippen LogP contribution in [0.1, 0.15) is 58.1 Å². The van der Waals surface area contributed by atoms with Crippen LogP contribution in [0.15, 0.2) is 4.99 Å². The molecule has 2 aliphatic rings. The lowest BCUT2D eigenvalue weighted by Crippen LogP contribution is -2.54. The van der Waals surface area contributed by atoms with Gasteiger partial charge in [-0.15, -0.1) is 34.2 Å². The summed E-state index contributed by atoms with van der Waals surface area (Å²) < 4.78 is 2.33. The summed E-state index contributed by atoms with van der Waals surface area (Å²) in [4.78, 5) is 21.4. The molecule has 1 aromatic heterocycles. The fourth-order valence-corrected chi connectivity index (χ4v) is 4.27. The monoisotopic (exact) mass is 560 g/mol. The molecular weight excluding hydrogens is 519 g/mol. The third-order valence-corrected chi connectivity index (χ3v) is 5.83. The van der Waals surface area contributed by atoms with Gasteiger partial charge in [0.15, 0.2) is 5.96 Å². The van der Waals surface area contributed by atoms with Crippen LogP contribution >= 0.6 is 24.0 Å². The number of rotatable bonds is 8. The Bertz CT molecular complexity index is 728. The van der Waals surface area contributed by atoms with Crippen molar-refractivity contribution in [3.8, 4) is 0 Å². The van der Waals surface area contributed by atoms with Crippen LogP contribution in [0.4, 0.5) is 0 Å². The van der Waals surface area contributed by atoms with Gasteiger partial charge in [-0.05, 0) is 40.0 Å². The van der Waals surface area contributed by atoms with Crippen LogP contribution in [0.2, 0.25) is 0 Å². The Kier molecular flexibility index (Phi) is 11.7. The normalized spacial score (nSPS) is 17.5. The highest BCUT2D eigenvalue weighted by atomic mass is 127. The molecule has 9 nitrogen and oxygen atoms in total. The predicted octanol–water partition coefficient (Wildman–Crippen LogP) is 1.66. The Hall–Kier alpha value is -1.43. The quantitative estimate of drug-likeness (QED) is 0.218. The summed E-state index contributed by atoms with van der Waals surface area (Å²) in [6, 6.07) is 0.189. The Morgan fingerprint density at radius 2 is 1.88 bits per heavy atom. The Labute approximate surface area is 209 Å². The van der Waals surface area contributed by atoms with Gasteiger partial charge in [0.05, 0.1) is 6.54 Å². The average molecular weight is 561 g/mol. The van der Waals surface area contributed by atoms with Gasteiger partial charge in [-0.3, -0.25) is 14.7 Å². The number of guanidine groups is 1. The molecule has 2 aliphatic heterocycles. The summed E-state index contributed by atoms with van der Waals surface area (Å²) in [7, 11) is 0. The van der Waals surface area contributed by atoms with Crippen LogP contribution in [0.25, 0.3) is 0 Å². The van der Waals surface area contributed by atoms with Crippen molar-refractivity contribution in [2.45, 2.75) is 71.9 Å². The van der Waals surface area contributed by atoms with Gasteiger partial charge in [0.25, 0.3) is 0 Å². The molecule has 32 heavy (non-hydrogen) atoms. The number of hydrogen-bond donors (Lipinski definition) is 2. The standard InChI is InChI=1S/C22H40N8O.HI/c1-4-23-22(29-15-13-28(14-16-29)17-21(31)25-18(2)3)24-11-8-10-20-27-26-19-9-6-5-7-12-30(19)20;/h18H,4-17H2,1-3H3,(H,23,24)(H,25,31);1H. The summed E-state index contributed by atoms with van der Waals surface area (Å²) in [5.74, 6) is 3.36. The number of nitrogens with one attached hydrogen (secondary N) is 2. The van der Waals surface area contributed by atoms with Crippen LogP contribution in [-0.4, -0.2) is 88.3 Å². The number of amides is 1. The third-order valence-electron chi connectivity index (χ3n) is 5.83. The third kappa shape index (κ3) is 8.17. The minimum absolute atomic E-state index is 0. The van der Waals surface area contributed by atoms with E-state index in [2.05, 4.69) is 42.1 Å². The molecule has 3 heterocycles. The number of aliphatic imine (C=N–C) groups is 1. The van der Waals surface area contributed by atoms with Gasteiger partial charge >= 0.3 is 0 Å². The molecule has 0 atom stereocenters. The van der Waals surface area contributed by atoms with Gasteiger partial charge in [-0.1, -0.05) is 6.42 Å². The highest BCUT2D eigenvalue weighted by molar-refractivity contribution is 14.0. The summed E-state index contributed by atoms with van der Waals surface area (Å²) in [5, 5.41) is 15.2. The summed E-state index contributed by atoms with van der Waals surface area (Å²) in [5.41, 5.74) is 0. The van der Waals surface area contributed by atoms with Crippen LogP contribution in [0, 0.1) is 0 Å². The second-order valence-electron chi connectivity index (χ2n) is 8.82. The van der Waals surface area contributed by atoms with Gasteiger partial charge in [-0.2, -0.15) is 0 Å². The lowest BCUT2D eigenvalue weighted by molar-refractivity contribution is -0.123. The summed E-state index contributed by atoms with van der Waals surface area (Å²) >= 11 is 0. The molecule has 0 saturated carbocycles. The highest BCUT2D eigenvalue weighted by Gasteiger charge is 2.21. The number of halogens is 1. The second kappa shape index (κ2) is 14.0. The summed E-state index contributed by atoms with van der Waals surface area (Å²) in [6.07, 6.45) is 6.70. The van der Waals surface area contributed by atoms with E-state index in [1.165, 1.54) is 19.3 Å². The van der Waals surface area contributed by atoms with Crippen molar-refractivity contribution < 1.29 is 4.79 Å². The molecule has 0 aromatic carbocycles. The van der Waals surface area contributed by atoms with Gasteiger partial charge in [0.1, 0.15) is 11.6 Å². The van der Waals surface area contributed by atoms with Crippen molar-refractivity contribution in [3.63, 3.8) is 0 Å². The number of piperazine rings is 1. The number of hydrogen-bond acceptors (Lipinski definition) is 5. The van der Waals surface area contributed by atoms with E-state index in [4.69, 9.17) is 4.99 Å². The number of aryl methyl sites for hydroxylation is 2. The largest absolute Gasteiger partial charge is 0.357 e. The molecule has 0 bridgehead atoms. The maximum Gasteiger partial charge on any atom is 0.234 e. The van der Waals surface area contributed by atoms with Crippen molar-refractivity contribution in [2.75, 3.05) is 45.8 Å². The zero-order valence-corrected chi connectivity index (χ0v) is 22.3. The van der Waals surface area contributed by atoms with Crippen LogP contribution < -0.4 is 10.6 Å². The van der Waals surface area contributed by atoms with E-state index < -0.39 is 0 Å². The minimum Gasteiger partial charge on any atom is -0.357 e. The van der Waals surface area contributed by atoms with E-state index in [-0.39, 0.29) is 35.9 Å². The fourth-order valence-electron chi connectivity index (χ4n) is 4.27. The molecule has 2 N–H and O–H groups in total. The van der Waals surface area contributed by atoms with E-state index in [1.54, 1.807) is 0 Å². The molecule has 3 rings (SSSR count). The molecule has 0 unspecified atom stereocenters. The first kappa shape index (κ1) is 26.8. The number of fused-ring (bicyclic) bond motifs is 1. The first-order chi connectivity index (χ1) is 15.1. The van der Waals surface area contributed by atoms with E-state index >= 15 is 0 Å². The minimum atomic E-state index is 0. The van der Waals surface area contributed by atoms with Gasteiger partial charge in [0, 0.05) is 64.7 Å². The first-order valence-corrected chi connectivity index (χ1v) is 12.0. The zero-order chi connectivity index (χ0) is 22.1. The molecule has 10 heteroatoms. The van der Waals surface area contributed by atoms with E-state index in [9.17, 15) is 4.79 Å². The van der Waals surface area contributed by atoms with Crippen LogP contribution in [-0.2, 0) is 24.2 Å². The maximum absolute atomic E-state index is 12.0. The first-order valence-electron chi connectivity index (χ1n) is 12.0. The summed E-state index contributed by atoms with van der Waals surface area (Å²) in [6.45, 7) is 12.8. The molecule has 0 aliphatic carbocycles. The number of carbonyl (C=O) groups is 1. The Morgan fingerprint density at radius 1 is 1.09 bits per heavy atom. The molecule has 1 amide bonds. The predicted molar refractivity (Wildman–Crippen MR) is 139 cm³/mol. The van der Waals surface area contributed by atoms with Crippen molar-refractivity contribution in [3.05, 3.63) is 11.6 Å². The van der Waals surface area contributed by atoms with Crippen LogP contribution in [0.3, 0.4) is 0 Å². The smallest absolute Gasteiger partial charge is 0.234 e. The van der Waals surface area contributed by atoms with Gasteiger partial charge in [0.2, 0.25) is 5.91 Å². The lowest BCUT2D eigenvalue weighted by atomic mass is 10.2. The van der Waals surface area contributed by atoms with Crippen molar-refractivity contribution in [2.24, 2.45) is 4.99 Å². The van der Waals surface area contributed by atoms with Gasteiger partial charge < -0.3 is 20.1 Å². The lowest BCUT2D eigenvalue weighted by Gasteiger charge is -2.36. The van der Waals surface area contributed by atoms with Crippen molar-refractivity contribution >= 4 is 35.8 Å². The van der Waals surface area contributed by atoms with E-state index in [0.29, 0.717) is 6.54 Å².